The zero-order chi connectivity index (χ0) is 15.0. The van der Waals surface area contributed by atoms with Gasteiger partial charge < -0.3 is 10.3 Å². The molecule has 0 radical (unpaired) electrons. The Hall–Kier alpha value is -1.89. The first-order valence-electron chi connectivity index (χ1n) is 6.79. The van der Waals surface area contributed by atoms with Gasteiger partial charge in [-0.15, -0.1) is 10.2 Å². The van der Waals surface area contributed by atoms with Crippen LogP contribution < -0.4 is 5.73 Å². The van der Waals surface area contributed by atoms with Crippen LogP contribution in [-0.4, -0.2) is 21.3 Å². The minimum atomic E-state index is -4.41. The number of nitrogens with two attached hydrogens (primary N) is 1. The third kappa shape index (κ3) is 2.53. The summed E-state index contributed by atoms with van der Waals surface area (Å²) in [5.74, 6) is 1.26. The summed E-state index contributed by atoms with van der Waals surface area (Å²) in [6.45, 7) is 1.08. The van der Waals surface area contributed by atoms with Gasteiger partial charge in [0.25, 0.3) is 0 Å². The van der Waals surface area contributed by atoms with Gasteiger partial charge in [-0.25, -0.2) is 0 Å². The average Bonchev–Trinajstić information content (AvgIpc) is 2.89. The molecular formula is C14H15F3N4. The first-order chi connectivity index (χ1) is 10.0. The van der Waals surface area contributed by atoms with Crippen molar-refractivity contribution in [2.24, 2.45) is 11.7 Å². The predicted octanol–water partition coefficient (Wildman–Crippen LogP) is 2.49. The van der Waals surface area contributed by atoms with Crippen molar-refractivity contribution in [2.45, 2.75) is 25.6 Å². The van der Waals surface area contributed by atoms with Gasteiger partial charge in [0, 0.05) is 18.5 Å². The molecule has 112 valence electrons. The number of hydrogen-bond acceptors (Lipinski definition) is 3. The van der Waals surface area contributed by atoms with Crippen molar-refractivity contribution in [1.29, 1.82) is 0 Å². The van der Waals surface area contributed by atoms with Crippen LogP contribution in [0.4, 0.5) is 13.2 Å². The number of benzene rings is 1. The molecule has 0 fully saturated rings. The Morgan fingerprint density at radius 1 is 1.24 bits per heavy atom. The number of rotatable bonds is 2. The second kappa shape index (κ2) is 5.14. The van der Waals surface area contributed by atoms with E-state index in [-0.39, 0.29) is 17.3 Å². The largest absolute Gasteiger partial charge is 0.417 e. The van der Waals surface area contributed by atoms with Gasteiger partial charge in [0.2, 0.25) is 0 Å². The fraction of sp³-hybridized carbons (Fsp3) is 0.429. The number of halogens is 3. The molecule has 0 spiro atoms. The molecule has 1 aromatic heterocycles. The molecule has 1 aliphatic heterocycles. The highest BCUT2D eigenvalue weighted by atomic mass is 19.4. The molecule has 0 saturated heterocycles. The lowest BCUT2D eigenvalue weighted by molar-refractivity contribution is -0.137. The van der Waals surface area contributed by atoms with Gasteiger partial charge in [0.15, 0.2) is 5.82 Å². The number of alkyl halides is 3. The highest BCUT2D eigenvalue weighted by molar-refractivity contribution is 5.61. The van der Waals surface area contributed by atoms with Crippen LogP contribution in [0.25, 0.3) is 11.4 Å². The summed E-state index contributed by atoms with van der Waals surface area (Å²) in [6, 6.07) is 5.46. The van der Waals surface area contributed by atoms with E-state index in [2.05, 4.69) is 10.2 Å². The molecule has 4 nitrogen and oxygen atoms in total. The number of hydrogen-bond donors (Lipinski definition) is 1. The molecule has 0 bridgehead atoms. The van der Waals surface area contributed by atoms with Crippen molar-refractivity contribution in [1.82, 2.24) is 14.8 Å². The van der Waals surface area contributed by atoms with Crippen molar-refractivity contribution < 1.29 is 13.2 Å². The Kier molecular flexibility index (Phi) is 3.44. The molecule has 1 unspecified atom stereocenters. The first kappa shape index (κ1) is 14.1. The Labute approximate surface area is 119 Å². The van der Waals surface area contributed by atoms with E-state index in [1.54, 1.807) is 10.6 Å². The van der Waals surface area contributed by atoms with E-state index < -0.39 is 11.7 Å². The van der Waals surface area contributed by atoms with Crippen LogP contribution in [0.3, 0.4) is 0 Å². The van der Waals surface area contributed by atoms with Gasteiger partial charge in [0.05, 0.1) is 5.56 Å². The van der Waals surface area contributed by atoms with Crippen molar-refractivity contribution >= 4 is 0 Å². The summed E-state index contributed by atoms with van der Waals surface area (Å²) < 4.78 is 41.2. The van der Waals surface area contributed by atoms with Crippen LogP contribution in [0.2, 0.25) is 0 Å². The second-order valence-electron chi connectivity index (χ2n) is 5.23. The van der Waals surface area contributed by atoms with Gasteiger partial charge >= 0.3 is 6.18 Å². The lowest BCUT2D eigenvalue weighted by atomic mass is 9.99. The van der Waals surface area contributed by atoms with E-state index in [1.165, 1.54) is 12.1 Å². The quantitative estimate of drug-likeness (QED) is 0.926. The molecule has 2 N–H and O–H groups in total. The Bertz CT molecular complexity index is 648. The van der Waals surface area contributed by atoms with E-state index in [4.69, 9.17) is 5.73 Å². The van der Waals surface area contributed by atoms with Crippen molar-refractivity contribution in [3.05, 3.63) is 35.7 Å². The summed E-state index contributed by atoms with van der Waals surface area (Å²) >= 11 is 0. The van der Waals surface area contributed by atoms with E-state index in [1.807, 2.05) is 0 Å². The summed E-state index contributed by atoms with van der Waals surface area (Å²) in [7, 11) is 0. The molecule has 1 aromatic carbocycles. The average molecular weight is 296 g/mol. The van der Waals surface area contributed by atoms with E-state index in [0.717, 1.165) is 18.3 Å². The number of nitrogens with zero attached hydrogens (tertiary/aromatic N) is 3. The summed E-state index contributed by atoms with van der Waals surface area (Å²) in [4.78, 5) is 0. The first-order valence-corrected chi connectivity index (χ1v) is 6.79. The summed E-state index contributed by atoms with van der Waals surface area (Å²) in [5.41, 5.74) is 5.07. The van der Waals surface area contributed by atoms with Crippen LogP contribution in [-0.2, 0) is 19.1 Å². The minimum absolute atomic E-state index is 0.0708. The Balaban J connectivity index is 2.09. The van der Waals surface area contributed by atoms with E-state index >= 15 is 0 Å². The molecule has 0 amide bonds. The van der Waals surface area contributed by atoms with E-state index in [9.17, 15) is 13.2 Å². The Morgan fingerprint density at radius 3 is 2.71 bits per heavy atom. The molecule has 2 heterocycles. The van der Waals surface area contributed by atoms with Crippen LogP contribution >= 0.6 is 0 Å². The van der Waals surface area contributed by atoms with Crippen LogP contribution in [0.15, 0.2) is 24.3 Å². The summed E-state index contributed by atoms with van der Waals surface area (Å²) in [6.07, 6.45) is -2.82. The fourth-order valence-electron chi connectivity index (χ4n) is 2.71. The maximum absolute atomic E-state index is 13.1. The van der Waals surface area contributed by atoms with Gasteiger partial charge in [-0.05, 0) is 24.9 Å². The predicted molar refractivity (Wildman–Crippen MR) is 71.3 cm³/mol. The van der Waals surface area contributed by atoms with Crippen molar-refractivity contribution in [3.63, 3.8) is 0 Å². The van der Waals surface area contributed by atoms with Crippen LogP contribution in [0.1, 0.15) is 17.8 Å². The molecule has 0 saturated carbocycles. The minimum Gasteiger partial charge on any atom is -0.330 e. The molecular weight excluding hydrogens is 281 g/mol. The Morgan fingerprint density at radius 2 is 2.00 bits per heavy atom. The molecule has 2 aromatic rings. The molecule has 7 heteroatoms. The van der Waals surface area contributed by atoms with Gasteiger partial charge in [0.1, 0.15) is 5.82 Å². The number of aryl methyl sites for hydroxylation is 1. The third-order valence-corrected chi connectivity index (χ3v) is 3.85. The van der Waals surface area contributed by atoms with Gasteiger partial charge in [-0.1, -0.05) is 18.2 Å². The molecule has 21 heavy (non-hydrogen) atoms. The zero-order valence-corrected chi connectivity index (χ0v) is 11.3. The van der Waals surface area contributed by atoms with Crippen LogP contribution in [0.5, 0.6) is 0 Å². The van der Waals surface area contributed by atoms with Gasteiger partial charge in [-0.2, -0.15) is 13.2 Å². The maximum atomic E-state index is 13.1. The molecule has 1 aliphatic rings. The van der Waals surface area contributed by atoms with E-state index in [0.29, 0.717) is 19.5 Å². The highest BCUT2D eigenvalue weighted by Crippen LogP contribution is 2.37. The molecule has 3 rings (SSSR count). The smallest absolute Gasteiger partial charge is 0.330 e. The lowest BCUT2D eigenvalue weighted by Gasteiger charge is -2.23. The van der Waals surface area contributed by atoms with Crippen LogP contribution in [0, 0.1) is 5.92 Å². The van der Waals surface area contributed by atoms with Gasteiger partial charge in [-0.3, -0.25) is 0 Å². The standard InChI is InChI=1S/C14H15F3N4/c15-14(16,17)11-4-2-1-3-10(11)13-20-19-12-6-5-9(7-18)8-21(12)13/h1-4,9H,5-8,18H2. The number of aromatic nitrogens is 3. The summed E-state index contributed by atoms with van der Waals surface area (Å²) in [5, 5.41) is 8.01. The monoisotopic (exact) mass is 296 g/mol. The van der Waals surface area contributed by atoms with Crippen molar-refractivity contribution in [3.8, 4) is 11.4 Å². The third-order valence-electron chi connectivity index (χ3n) is 3.85. The second-order valence-corrected chi connectivity index (χ2v) is 5.23. The normalized spacial score (nSPS) is 18.6. The molecule has 1 atom stereocenters. The topological polar surface area (TPSA) is 56.7 Å². The van der Waals surface area contributed by atoms with Crippen molar-refractivity contribution in [2.75, 3.05) is 6.54 Å². The maximum Gasteiger partial charge on any atom is 0.417 e. The fourth-order valence-corrected chi connectivity index (χ4v) is 2.71. The zero-order valence-electron chi connectivity index (χ0n) is 11.3. The SMILES string of the molecule is NCC1CCc2nnc(-c3ccccc3C(F)(F)F)n2C1. The lowest BCUT2D eigenvalue weighted by Crippen LogP contribution is -2.27. The molecule has 0 aliphatic carbocycles. The number of fused-ring (bicyclic) bond motifs is 1. The highest BCUT2D eigenvalue weighted by Gasteiger charge is 2.35.